The van der Waals surface area contributed by atoms with Gasteiger partial charge in [-0.1, -0.05) is 0 Å². The van der Waals surface area contributed by atoms with Crippen molar-refractivity contribution in [3.05, 3.63) is 53.5 Å². The first-order valence-electron chi connectivity index (χ1n) is 15.0. The fourth-order valence-electron chi connectivity index (χ4n) is 6.26. The SMILES string of the molecule is COc1c(O[C@H](C)c2c(C)cnnc2C)ccc2c1c(-c1ccc(N3CCN(S(C)(=O)=O)CC3)nc1)nn2C1CCCCO1. The van der Waals surface area contributed by atoms with Crippen LogP contribution in [0.3, 0.4) is 0 Å². The van der Waals surface area contributed by atoms with Crippen LogP contribution >= 0.6 is 0 Å². The lowest BCUT2D eigenvalue weighted by molar-refractivity contribution is -0.0365. The van der Waals surface area contributed by atoms with Crippen LogP contribution in [0.5, 0.6) is 11.5 Å². The fraction of sp³-hybridized carbons (Fsp3) is 0.484. The Bertz CT molecular complexity index is 1730. The van der Waals surface area contributed by atoms with Gasteiger partial charge < -0.3 is 19.1 Å². The minimum Gasteiger partial charge on any atom is -0.492 e. The molecule has 0 saturated carbocycles. The van der Waals surface area contributed by atoms with Gasteiger partial charge in [0.05, 0.1) is 36.2 Å². The molecule has 0 amide bonds. The van der Waals surface area contributed by atoms with E-state index in [-0.39, 0.29) is 12.3 Å². The van der Waals surface area contributed by atoms with Gasteiger partial charge in [-0.15, -0.1) is 0 Å². The molecule has 2 aliphatic rings. The molecule has 1 aromatic carbocycles. The summed E-state index contributed by atoms with van der Waals surface area (Å²) in [6.07, 6.45) is 7.32. The van der Waals surface area contributed by atoms with Crippen molar-refractivity contribution < 1.29 is 22.6 Å². The lowest BCUT2D eigenvalue weighted by Crippen LogP contribution is -2.48. The number of fused-ring (bicyclic) bond motifs is 1. The molecule has 2 saturated heterocycles. The fourth-order valence-corrected chi connectivity index (χ4v) is 7.08. The molecule has 234 valence electrons. The van der Waals surface area contributed by atoms with Crippen LogP contribution in [0.25, 0.3) is 22.2 Å². The van der Waals surface area contributed by atoms with Crippen molar-refractivity contribution in [2.75, 3.05) is 51.1 Å². The molecule has 1 unspecified atom stereocenters. The molecule has 13 heteroatoms. The highest BCUT2D eigenvalue weighted by molar-refractivity contribution is 7.88. The first-order chi connectivity index (χ1) is 21.2. The number of hydrogen-bond donors (Lipinski definition) is 0. The number of nitrogens with zero attached hydrogens (tertiary/aromatic N) is 7. The number of sulfonamides is 1. The Morgan fingerprint density at radius 2 is 1.84 bits per heavy atom. The van der Waals surface area contributed by atoms with Crippen molar-refractivity contribution >= 4 is 26.7 Å². The van der Waals surface area contributed by atoms with Crippen LogP contribution in [0.1, 0.15) is 55.3 Å². The monoisotopic (exact) mass is 621 g/mol. The molecule has 4 aromatic rings. The quantitative estimate of drug-likeness (QED) is 0.279. The predicted octanol–water partition coefficient (Wildman–Crippen LogP) is 4.43. The maximum absolute atomic E-state index is 11.9. The highest BCUT2D eigenvalue weighted by Crippen LogP contribution is 2.44. The van der Waals surface area contributed by atoms with E-state index in [1.54, 1.807) is 13.3 Å². The van der Waals surface area contributed by atoms with Gasteiger partial charge in [0.2, 0.25) is 10.0 Å². The molecule has 3 aromatic heterocycles. The topological polar surface area (TPSA) is 125 Å². The Morgan fingerprint density at radius 3 is 2.48 bits per heavy atom. The number of aryl methyl sites for hydroxylation is 2. The highest BCUT2D eigenvalue weighted by Gasteiger charge is 2.28. The number of ether oxygens (including phenoxy) is 3. The summed E-state index contributed by atoms with van der Waals surface area (Å²) in [5, 5.41) is 14.2. The molecule has 0 aliphatic carbocycles. The van der Waals surface area contributed by atoms with Crippen LogP contribution in [0.2, 0.25) is 0 Å². The van der Waals surface area contributed by atoms with Crippen molar-refractivity contribution in [2.45, 2.75) is 52.4 Å². The minimum atomic E-state index is -3.20. The molecule has 0 spiro atoms. The number of aromatic nitrogens is 5. The summed E-state index contributed by atoms with van der Waals surface area (Å²) in [4.78, 5) is 6.87. The lowest BCUT2D eigenvalue weighted by Gasteiger charge is -2.33. The van der Waals surface area contributed by atoms with Crippen molar-refractivity contribution in [3.8, 4) is 22.8 Å². The number of methoxy groups -OCH3 is 1. The van der Waals surface area contributed by atoms with Crippen molar-refractivity contribution in [1.29, 1.82) is 0 Å². The van der Waals surface area contributed by atoms with E-state index >= 15 is 0 Å². The summed E-state index contributed by atoms with van der Waals surface area (Å²) in [6, 6.07) is 7.91. The molecule has 2 atom stereocenters. The van der Waals surface area contributed by atoms with Crippen LogP contribution in [0.4, 0.5) is 5.82 Å². The van der Waals surface area contributed by atoms with Crippen LogP contribution < -0.4 is 14.4 Å². The number of piperazine rings is 1. The summed E-state index contributed by atoms with van der Waals surface area (Å²) in [7, 11) is -1.56. The summed E-state index contributed by atoms with van der Waals surface area (Å²) in [5.74, 6) is 1.98. The van der Waals surface area contributed by atoms with Crippen LogP contribution in [-0.4, -0.2) is 83.8 Å². The van der Waals surface area contributed by atoms with Gasteiger partial charge in [0.25, 0.3) is 0 Å². The molecular weight excluding hydrogens is 582 g/mol. The van der Waals surface area contributed by atoms with Gasteiger partial charge in [0, 0.05) is 50.1 Å². The third-order valence-electron chi connectivity index (χ3n) is 8.46. The molecule has 2 aliphatic heterocycles. The lowest BCUT2D eigenvalue weighted by atomic mass is 10.0. The second kappa shape index (κ2) is 12.3. The Kier molecular flexibility index (Phi) is 8.44. The van der Waals surface area contributed by atoms with Gasteiger partial charge in [-0.05, 0) is 69.9 Å². The van der Waals surface area contributed by atoms with E-state index in [2.05, 4.69) is 15.1 Å². The molecule has 6 rings (SSSR count). The molecule has 0 radical (unpaired) electrons. The zero-order chi connectivity index (χ0) is 31.0. The first-order valence-corrected chi connectivity index (χ1v) is 16.8. The van der Waals surface area contributed by atoms with Gasteiger partial charge in [0.15, 0.2) is 17.7 Å². The zero-order valence-corrected chi connectivity index (χ0v) is 26.7. The Morgan fingerprint density at radius 1 is 1.05 bits per heavy atom. The van der Waals surface area contributed by atoms with Crippen LogP contribution in [0, 0.1) is 13.8 Å². The van der Waals surface area contributed by atoms with E-state index in [1.807, 2.05) is 55.9 Å². The molecule has 2 fully saturated rings. The van der Waals surface area contributed by atoms with E-state index in [0.29, 0.717) is 44.3 Å². The van der Waals surface area contributed by atoms with Gasteiger partial charge in [-0.25, -0.2) is 18.1 Å². The largest absolute Gasteiger partial charge is 0.492 e. The second-order valence-electron chi connectivity index (χ2n) is 11.4. The van der Waals surface area contributed by atoms with Gasteiger partial charge in [-0.3, -0.25) is 0 Å². The van der Waals surface area contributed by atoms with Crippen molar-refractivity contribution in [2.24, 2.45) is 0 Å². The second-order valence-corrected chi connectivity index (χ2v) is 13.4. The molecule has 44 heavy (non-hydrogen) atoms. The summed E-state index contributed by atoms with van der Waals surface area (Å²) < 4.78 is 46.1. The van der Waals surface area contributed by atoms with Crippen molar-refractivity contribution in [1.82, 2.24) is 29.3 Å². The minimum absolute atomic E-state index is 0.179. The van der Waals surface area contributed by atoms with E-state index < -0.39 is 10.0 Å². The Hall–Kier alpha value is -3.81. The zero-order valence-electron chi connectivity index (χ0n) is 25.9. The van der Waals surface area contributed by atoms with Gasteiger partial charge >= 0.3 is 0 Å². The third-order valence-corrected chi connectivity index (χ3v) is 9.76. The predicted molar refractivity (Wildman–Crippen MR) is 168 cm³/mol. The van der Waals surface area contributed by atoms with E-state index in [4.69, 9.17) is 24.3 Å². The molecule has 12 nitrogen and oxygen atoms in total. The summed E-state index contributed by atoms with van der Waals surface area (Å²) >= 11 is 0. The maximum atomic E-state index is 11.9. The number of anilines is 1. The highest BCUT2D eigenvalue weighted by atomic mass is 32.2. The average molecular weight is 622 g/mol. The Balaban J connectivity index is 1.38. The Labute approximate surface area is 258 Å². The number of pyridine rings is 1. The van der Waals surface area contributed by atoms with Crippen LogP contribution in [0.15, 0.2) is 36.7 Å². The van der Waals surface area contributed by atoms with Gasteiger partial charge in [-0.2, -0.15) is 19.6 Å². The average Bonchev–Trinajstić information content (AvgIpc) is 3.41. The number of benzene rings is 1. The third kappa shape index (κ3) is 5.83. The molecular formula is C31H39N7O5S. The maximum Gasteiger partial charge on any atom is 0.211 e. The first kappa shape index (κ1) is 30.2. The number of hydrogen-bond acceptors (Lipinski definition) is 10. The van der Waals surface area contributed by atoms with Crippen LogP contribution in [-0.2, 0) is 14.8 Å². The molecule has 5 heterocycles. The standard InChI is InChI=1S/C31H39N7O5S/c1-20-18-33-34-21(2)28(20)22(3)43-25-11-10-24-29(31(25)41-4)30(35-38(24)27-8-6-7-17-42-27)23-9-12-26(32-19-23)36-13-15-37(16-14-36)44(5,39)40/h9-12,18-19,22,27H,6-8,13-17H2,1-5H3/t22-,27?/m1/s1. The van der Waals surface area contributed by atoms with E-state index in [0.717, 1.165) is 64.1 Å². The molecule has 0 N–H and O–H groups in total. The smallest absolute Gasteiger partial charge is 0.211 e. The summed E-state index contributed by atoms with van der Waals surface area (Å²) in [6.45, 7) is 8.66. The number of rotatable bonds is 8. The van der Waals surface area contributed by atoms with E-state index in [1.165, 1.54) is 10.6 Å². The van der Waals surface area contributed by atoms with E-state index in [9.17, 15) is 8.42 Å². The van der Waals surface area contributed by atoms with Gasteiger partial charge in [0.1, 0.15) is 17.6 Å². The summed E-state index contributed by atoms with van der Waals surface area (Å²) in [5.41, 5.74) is 5.27. The molecule has 0 bridgehead atoms. The van der Waals surface area contributed by atoms with Crippen molar-refractivity contribution in [3.63, 3.8) is 0 Å². The normalized spacial score (nSPS) is 18.8.